The molecule has 0 saturated heterocycles. The van der Waals surface area contributed by atoms with Gasteiger partial charge in [0.2, 0.25) is 0 Å². The zero-order valence-electron chi connectivity index (χ0n) is 13.0. The van der Waals surface area contributed by atoms with Gasteiger partial charge >= 0.3 is 0 Å². The molecule has 0 saturated carbocycles. The van der Waals surface area contributed by atoms with Gasteiger partial charge in [-0.2, -0.15) is 0 Å². The van der Waals surface area contributed by atoms with E-state index in [4.69, 9.17) is 4.74 Å². The third-order valence-electron chi connectivity index (χ3n) is 3.06. The van der Waals surface area contributed by atoms with Crippen molar-refractivity contribution in [2.24, 2.45) is 0 Å². The Morgan fingerprint density at radius 1 is 1.17 bits per heavy atom. The summed E-state index contributed by atoms with van der Waals surface area (Å²) in [6, 6.07) is 8.56. The summed E-state index contributed by atoms with van der Waals surface area (Å²) in [6.07, 6.45) is 1.32. The van der Waals surface area contributed by atoms with Gasteiger partial charge in [-0.15, -0.1) is 0 Å². The number of nitrogens with zero attached hydrogens (tertiary/aromatic N) is 2. The molecule has 2 rings (SSSR count). The van der Waals surface area contributed by atoms with Gasteiger partial charge in [-0.1, -0.05) is 0 Å². The van der Waals surface area contributed by atoms with Gasteiger partial charge < -0.3 is 15.4 Å². The molecule has 23 heavy (non-hydrogen) atoms. The normalized spacial score (nSPS) is 10.2. The summed E-state index contributed by atoms with van der Waals surface area (Å²) < 4.78 is 4.87. The Balaban J connectivity index is 2.04. The van der Waals surface area contributed by atoms with E-state index in [2.05, 4.69) is 20.6 Å². The van der Waals surface area contributed by atoms with E-state index in [1.54, 1.807) is 37.4 Å². The van der Waals surface area contributed by atoms with E-state index in [0.717, 1.165) is 5.69 Å². The second-order valence-corrected chi connectivity index (χ2v) is 4.80. The molecule has 2 aromatic rings. The van der Waals surface area contributed by atoms with Crippen LogP contribution in [0.1, 0.15) is 27.8 Å². The first kappa shape index (κ1) is 16.6. The average molecular weight is 314 g/mol. The average Bonchev–Trinajstić information content (AvgIpc) is 2.56. The molecule has 1 heterocycles. The molecule has 0 atom stereocenters. The number of ether oxygens (including phenoxy) is 1. The SMILES string of the molecule is COCCNC(=O)c1cc(Nc2ccc(C(C)=O)cc2)ncn1. The van der Waals surface area contributed by atoms with Crippen molar-refractivity contribution < 1.29 is 14.3 Å². The van der Waals surface area contributed by atoms with Crippen molar-refractivity contribution in [1.82, 2.24) is 15.3 Å². The summed E-state index contributed by atoms with van der Waals surface area (Å²) in [5, 5.41) is 5.76. The number of methoxy groups -OCH3 is 1. The number of carbonyl (C=O) groups is 2. The Bertz CT molecular complexity index is 686. The van der Waals surface area contributed by atoms with Crippen LogP contribution in [0.4, 0.5) is 11.5 Å². The minimum absolute atomic E-state index is 0.00797. The van der Waals surface area contributed by atoms with Crippen LogP contribution in [0.3, 0.4) is 0 Å². The number of hydrogen-bond acceptors (Lipinski definition) is 6. The van der Waals surface area contributed by atoms with Crippen molar-refractivity contribution in [1.29, 1.82) is 0 Å². The lowest BCUT2D eigenvalue weighted by atomic mass is 10.1. The number of ketones is 1. The summed E-state index contributed by atoms with van der Waals surface area (Å²) in [5.41, 5.74) is 1.66. The molecule has 1 aromatic heterocycles. The van der Waals surface area contributed by atoms with Crippen LogP contribution in [-0.2, 0) is 4.74 Å². The monoisotopic (exact) mass is 314 g/mol. The number of rotatable bonds is 7. The van der Waals surface area contributed by atoms with Crippen molar-refractivity contribution in [3.05, 3.63) is 47.9 Å². The highest BCUT2D eigenvalue weighted by molar-refractivity contribution is 5.94. The highest BCUT2D eigenvalue weighted by Crippen LogP contribution is 2.15. The van der Waals surface area contributed by atoms with Crippen molar-refractivity contribution in [3.63, 3.8) is 0 Å². The first-order chi connectivity index (χ1) is 11.1. The Morgan fingerprint density at radius 3 is 2.57 bits per heavy atom. The van der Waals surface area contributed by atoms with Gasteiger partial charge in [0.25, 0.3) is 5.91 Å². The molecule has 2 N–H and O–H groups in total. The molecule has 120 valence electrons. The molecule has 1 aromatic carbocycles. The molecular formula is C16H18N4O3. The van der Waals surface area contributed by atoms with Crippen LogP contribution < -0.4 is 10.6 Å². The number of Topliss-reactive ketones (excluding diaryl/α,β-unsaturated/α-hetero) is 1. The summed E-state index contributed by atoms with van der Waals surface area (Å²) in [5.74, 6) is 0.209. The Morgan fingerprint density at radius 2 is 1.91 bits per heavy atom. The molecule has 7 nitrogen and oxygen atoms in total. The number of nitrogens with one attached hydrogen (secondary N) is 2. The van der Waals surface area contributed by atoms with Crippen molar-refractivity contribution in [2.45, 2.75) is 6.92 Å². The number of anilines is 2. The number of hydrogen-bond donors (Lipinski definition) is 2. The summed E-state index contributed by atoms with van der Waals surface area (Å²) in [4.78, 5) is 31.2. The molecule has 1 amide bonds. The van der Waals surface area contributed by atoms with Gasteiger partial charge in [0.15, 0.2) is 5.78 Å². The van der Waals surface area contributed by atoms with Crippen molar-refractivity contribution in [3.8, 4) is 0 Å². The molecule has 7 heteroatoms. The van der Waals surface area contributed by atoms with Crippen LogP contribution in [0, 0.1) is 0 Å². The fraction of sp³-hybridized carbons (Fsp3) is 0.250. The minimum atomic E-state index is -0.292. The lowest BCUT2D eigenvalue weighted by Gasteiger charge is -2.08. The van der Waals surface area contributed by atoms with Crippen LogP contribution >= 0.6 is 0 Å². The second kappa shape index (κ2) is 8.00. The third kappa shape index (κ3) is 4.86. The van der Waals surface area contributed by atoms with Crippen molar-refractivity contribution in [2.75, 3.05) is 25.6 Å². The predicted molar refractivity (Wildman–Crippen MR) is 86.0 cm³/mol. The summed E-state index contributed by atoms with van der Waals surface area (Å²) >= 11 is 0. The Hall–Kier alpha value is -2.80. The maximum atomic E-state index is 11.9. The number of amides is 1. The number of carbonyl (C=O) groups excluding carboxylic acids is 2. The van der Waals surface area contributed by atoms with Crippen LogP contribution in [0.5, 0.6) is 0 Å². The first-order valence-corrected chi connectivity index (χ1v) is 7.07. The zero-order chi connectivity index (χ0) is 16.7. The molecule has 0 radical (unpaired) electrons. The van der Waals surface area contributed by atoms with E-state index in [1.165, 1.54) is 13.3 Å². The Labute approximate surface area is 134 Å². The maximum Gasteiger partial charge on any atom is 0.270 e. The van der Waals surface area contributed by atoms with Gasteiger partial charge in [-0.25, -0.2) is 9.97 Å². The Kier molecular flexibility index (Phi) is 5.76. The molecule has 0 spiro atoms. The van der Waals surface area contributed by atoms with E-state index in [-0.39, 0.29) is 17.4 Å². The van der Waals surface area contributed by atoms with Gasteiger partial charge in [0.05, 0.1) is 6.61 Å². The second-order valence-electron chi connectivity index (χ2n) is 4.80. The van der Waals surface area contributed by atoms with Crippen LogP contribution in [0.15, 0.2) is 36.7 Å². The zero-order valence-corrected chi connectivity index (χ0v) is 13.0. The first-order valence-electron chi connectivity index (χ1n) is 7.07. The van der Waals surface area contributed by atoms with E-state index in [9.17, 15) is 9.59 Å². The largest absolute Gasteiger partial charge is 0.383 e. The molecule has 0 aliphatic rings. The van der Waals surface area contributed by atoms with E-state index in [1.807, 2.05) is 0 Å². The standard InChI is InChI=1S/C16H18N4O3/c1-11(21)12-3-5-13(6-4-12)20-15-9-14(18-10-19-15)16(22)17-7-8-23-2/h3-6,9-10H,7-8H2,1-2H3,(H,17,22)(H,18,19,20). The van der Waals surface area contributed by atoms with Gasteiger partial charge in [-0.05, 0) is 31.2 Å². The molecule has 0 aliphatic carbocycles. The number of benzene rings is 1. The fourth-order valence-corrected chi connectivity index (χ4v) is 1.84. The van der Waals surface area contributed by atoms with Crippen molar-refractivity contribution >= 4 is 23.2 Å². The molecule has 0 bridgehead atoms. The lowest BCUT2D eigenvalue weighted by Crippen LogP contribution is -2.27. The smallest absolute Gasteiger partial charge is 0.270 e. The van der Waals surface area contributed by atoms with Gasteiger partial charge in [0.1, 0.15) is 17.8 Å². The van der Waals surface area contributed by atoms with E-state index in [0.29, 0.717) is 24.5 Å². The molecule has 0 fully saturated rings. The lowest BCUT2D eigenvalue weighted by molar-refractivity contribution is 0.0931. The van der Waals surface area contributed by atoms with Gasteiger partial charge in [0, 0.05) is 31.0 Å². The summed E-state index contributed by atoms with van der Waals surface area (Å²) in [6.45, 7) is 2.36. The van der Waals surface area contributed by atoms with E-state index >= 15 is 0 Å². The quantitative estimate of drug-likeness (QED) is 0.598. The molecule has 0 unspecified atom stereocenters. The fourth-order valence-electron chi connectivity index (χ4n) is 1.84. The predicted octanol–water partition coefficient (Wildman–Crippen LogP) is 1.80. The van der Waals surface area contributed by atoms with Crippen LogP contribution in [0.2, 0.25) is 0 Å². The molecule has 0 aliphatic heterocycles. The highest BCUT2D eigenvalue weighted by atomic mass is 16.5. The van der Waals surface area contributed by atoms with Crippen LogP contribution in [-0.4, -0.2) is 41.9 Å². The highest BCUT2D eigenvalue weighted by Gasteiger charge is 2.08. The topological polar surface area (TPSA) is 93.2 Å². The van der Waals surface area contributed by atoms with E-state index < -0.39 is 0 Å². The van der Waals surface area contributed by atoms with Crippen LogP contribution in [0.25, 0.3) is 0 Å². The maximum absolute atomic E-state index is 11.9. The number of aromatic nitrogens is 2. The summed E-state index contributed by atoms with van der Waals surface area (Å²) in [7, 11) is 1.57. The minimum Gasteiger partial charge on any atom is -0.383 e. The van der Waals surface area contributed by atoms with Gasteiger partial charge in [-0.3, -0.25) is 9.59 Å². The third-order valence-corrected chi connectivity index (χ3v) is 3.06. The molecular weight excluding hydrogens is 296 g/mol.